The van der Waals surface area contributed by atoms with E-state index >= 15 is 0 Å². The summed E-state index contributed by atoms with van der Waals surface area (Å²) in [6.07, 6.45) is 2.25. The Morgan fingerprint density at radius 2 is 2.08 bits per heavy atom. The molecule has 0 spiro atoms. The molecule has 0 aliphatic rings. The zero-order valence-electron chi connectivity index (χ0n) is 13.6. The molecule has 2 heterocycles. The van der Waals surface area contributed by atoms with Crippen LogP contribution in [0.15, 0.2) is 51.6 Å². The summed E-state index contributed by atoms with van der Waals surface area (Å²) < 4.78 is 10.7. The van der Waals surface area contributed by atoms with E-state index < -0.39 is 17.0 Å². The minimum atomic E-state index is -0.728. The fourth-order valence-electron chi connectivity index (χ4n) is 2.04. The van der Waals surface area contributed by atoms with Crippen molar-refractivity contribution in [3.05, 3.63) is 68.7 Å². The molecular weight excluding hydrogens is 358 g/mol. The summed E-state index contributed by atoms with van der Waals surface area (Å²) in [5.41, 5.74) is 1.41. The number of benzene rings is 1. The van der Waals surface area contributed by atoms with Crippen molar-refractivity contribution in [2.45, 2.75) is 13.0 Å². The van der Waals surface area contributed by atoms with Crippen LogP contribution in [0.1, 0.15) is 24.5 Å². The zero-order valence-corrected chi connectivity index (χ0v) is 14.4. The summed E-state index contributed by atoms with van der Waals surface area (Å²) in [7, 11) is 0. The van der Waals surface area contributed by atoms with Crippen LogP contribution in [-0.4, -0.2) is 21.1 Å². The quantitative estimate of drug-likeness (QED) is 0.278. The molecule has 0 aliphatic carbocycles. The Hall–Kier alpha value is -3.33. The van der Waals surface area contributed by atoms with Crippen molar-refractivity contribution in [1.29, 1.82) is 0 Å². The minimum Gasteiger partial charge on any atom is -0.449 e. The molecule has 0 unspecified atom stereocenters. The van der Waals surface area contributed by atoms with Crippen LogP contribution in [0.4, 0.5) is 5.69 Å². The largest absolute Gasteiger partial charge is 0.449 e. The highest BCUT2D eigenvalue weighted by atomic mass is 32.1. The van der Waals surface area contributed by atoms with Crippen molar-refractivity contribution in [3.8, 4) is 11.5 Å². The maximum absolute atomic E-state index is 11.8. The minimum absolute atomic E-state index is 0.0341. The molecule has 26 heavy (non-hydrogen) atoms. The van der Waals surface area contributed by atoms with E-state index in [-0.39, 0.29) is 17.5 Å². The van der Waals surface area contributed by atoms with Crippen molar-refractivity contribution in [2.24, 2.45) is 0 Å². The molecule has 1 atom stereocenters. The van der Waals surface area contributed by atoms with Crippen molar-refractivity contribution < 1.29 is 18.9 Å². The van der Waals surface area contributed by atoms with Gasteiger partial charge in [0.15, 0.2) is 6.10 Å². The van der Waals surface area contributed by atoms with Crippen LogP contribution in [0, 0.1) is 10.1 Å². The van der Waals surface area contributed by atoms with E-state index in [4.69, 9.17) is 9.15 Å². The Morgan fingerprint density at radius 1 is 1.31 bits per heavy atom. The zero-order chi connectivity index (χ0) is 18.5. The van der Waals surface area contributed by atoms with Gasteiger partial charge in [-0.3, -0.25) is 10.1 Å². The second-order valence-electron chi connectivity index (χ2n) is 5.22. The smallest absolute Gasteiger partial charge is 0.331 e. The molecule has 0 N–H and O–H groups in total. The van der Waals surface area contributed by atoms with Crippen LogP contribution >= 0.6 is 11.3 Å². The monoisotopic (exact) mass is 371 g/mol. The predicted octanol–water partition coefficient (Wildman–Crippen LogP) is 4.02. The summed E-state index contributed by atoms with van der Waals surface area (Å²) in [4.78, 5) is 22.0. The molecule has 0 saturated heterocycles. The van der Waals surface area contributed by atoms with Gasteiger partial charge < -0.3 is 9.15 Å². The number of hydrogen-bond donors (Lipinski definition) is 0. The average molecular weight is 371 g/mol. The fourth-order valence-corrected chi connectivity index (χ4v) is 2.67. The van der Waals surface area contributed by atoms with Gasteiger partial charge in [0, 0.05) is 23.8 Å². The number of carbonyl (C=O) groups is 1. The van der Waals surface area contributed by atoms with Crippen LogP contribution in [0.2, 0.25) is 0 Å². The summed E-state index contributed by atoms with van der Waals surface area (Å²) in [5.74, 6) is -0.207. The molecule has 3 aromatic rings. The highest BCUT2D eigenvalue weighted by Gasteiger charge is 2.18. The van der Waals surface area contributed by atoms with Gasteiger partial charge in [-0.25, -0.2) is 4.79 Å². The Balaban J connectivity index is 1.64. The second kappa shape index (κ2) is 7.70. The Bertz CT molecular complexity index is 932. The number of thiophene rings is 1. The normalized spacial score (nSPS) is 12.2. The van der Waals surface area contributed by atoms with Gasteiger partial charge in [-0.1, -0.05) is 0 Å². The van der Waals surface area contributed by atoms with Gasteiger partial charge in [0.1, 0.15) is 0 Å². The number of ether oxygens (including phenoxy) is 1. The Morgan fingerprint density at radius 3 is 2.73 bits per heavy atom. The lowest BCUT2D eigenvalue weighted by atomic mass is 10.2. The van der Waals surface area contributed by atoms with Gasteiger partial charge in [-0.15, -0.1) is 10.2 Å². The van der Waals surface area contributed by atoms with Crippen LogP contribution in [0.25, 0.3) is 17.5 Å². The highest BCUT2D eigenvalue weighted by molar-refractivity contribution is 7.08. The summed E-state index contributed by atoms with van der Waals surface area (Å²) in [6, 6.07) is 7.59. The molecule has 9 heteroatoms. The number of non-ortho nitro benzene ring substituents is 1. The van der Waals surface area contributed by atoms with Gasteiger partial charge in [0.05, 0.1) is 4.92 Å². The second-order valence-corrected chi connectivity index (χ2v) is 6.00. The first-order valence-corrected chi connectivity index (χ1v) is 8.46. The first kappa shape index (κ1) is 17.5. The molecule has 0 radical (unpaired) electrons. The lowest BCUT2D eigenvalue weighted by Crippen LogP contribution is -2.06. The van der Waals surface area contributed by atoms with Crippen molar-refractivity contribution in [3.63, 3.8) is 0 Å². The van der Waals surface area contributed by atoms with Crippen LogP contribution in [-0.2, 0) is 9.53 Å². The third-order valence-corrected chi connectivity index (χ3v) is 4.06. The lowest BCUT2D eigenvalue weighted by Gasteiger charge is -2.06. The average Bonchev–Trinajstić information content (AvgIpc) is 3.32. The molecule has 0 bridgehead atoms. The Kier molecular flexibility index (Phi) is 5.18. The van der Waals surface area contributed by atoms with Crippen LogP contribution in [0.5, 0.6) is 0 Å². The van der Waals surface area contributed by atoms with E-state index in [1.165, 1.54) is 41.7 Å². The third-order valence-electron chi connectivity index (χ3n) is 3.36. The first-order valence-electron chi connectivity index (χ1n) is 7.52. The maximum Gasteiger partial charge on any atom is 0.331 e. The van der Waals surface area contributed by atoms with E-state index in [9.17, 15) is 14.9 Å². The number of esters is 1. The number of nitrogens with zero attached hydrogens (tertiary/aromatic N) is 3. The number of hydrogen-bond acceptors (Lipinski definition) is 8. The van der Waals surface area contributed by atoms with Gasteiger partial charge in [0.25, 0.3) is 11.6 Å². The summed E-state index contributed by atoms with van der Waals surface area (Å²) in [6.45, 7) is 1.61. The highest BCUT2D eigenvalue weighted by Crippen LogP contribution is 2.24. The first-order chi connectivity index (χ1) is 12.5. The molecule has 2 aromatic heterocycles. The number of carbonyl (C=O) groups excluding carboxylic acids is 1. The fraction of sp³-hybridized carbons (Fsp3) is 0.118. The number of aromatic nitrogens is 2. The van der Waals surface area contributed by atoms with Crippen molar-refractivity contribution in [1.82, 2.24) is 10.2 Å². The van der Waals surface area contributed by atoms with Crippen LogP contribution < -0.4 is 0 Å². The van der Waals surface area contributed by atoms with E-state index in [0.717, 1.165) is 5.56 Å². The van der Waals surface area contributed by atoms with Gasteiger partial charge in [-0.05, 0) is 47.5 Å². The number of nitro benzene ring substituents is 1. The molecule has 8 nitrogen and oxygen atoms in total. The lowest BCUT2D eigenvalue weighted by molar-refractivity contribution is -0.384. The van der Waals surface area contributed by atoms with Gasteiger partial charge in [-0.2, -0.15) is 11.3 Å². The van der Waals surface area contributed by atoms with Crippen molar-refractivity contribution >= 4 is 29.1 Å². The predicted molar refractivity (Wildman–Crippen MR) is 94.2 cm³/mol. The topological polar surface area (TPSA) is 108 Å². The summed E-state index contributed by atoms with van der Waals surface area (Å²) in [5, 5.41) is 22.2. The molecule has 0 aliphatic heterocycles. The molecule has 0 saturated carbocycles. The van der Waals surface area contributed by atoms with Crippen LogP contribution in [0.3, 0.4) is 0 Å². The molecule has 0 fully saturated rings. The summed E-state index contributed by atoms with van der Waals surface area (Å²) >= 11 is 1.53. The third kappa shape index (κ3) is 4.19. The number of rotatable bonds is 6. The van der Waals surface area contributed by atoms with E-state index in [1.807, 2.05) is 16.8 Å². The van der Waals surface area contributed by atoms with Crippen molar-refractivity contribution in [2.75, 3.05) is 0 Å². The maximum atomic E-state index is 11.8. The van der Waals surface area contributed by atoms with E-state index in [2.05, 4.69) is 10.2 Å². The van der Waals surface area contributed by atoms with E-state index in [1.54, 1.807) is 13.0 Å². The molecule has 3 rings (SSSR count). The SMILES string of the molecule is C[C@H](OC(=O)/C=C/c1ccsc1)c1nnc(-c2ccc([N+](=O)[O-])cc2)o1. The molecule has 1 aromatic carbocycles. The van der Waals surface area contributed by atoms with Gasteiger partial charge >= 0.3 is 5.97 Å². The molecule has 132 valence electrons. The van der Waals surface area contributed by atoms with Gasteiger partial charge in [0.2, 0.25) is 5.89 Å². The Labute approximate surface area is 151 Å². The molecular formula is C17H13N3O5S. The van der Waals surface area contributed by atoms with E-state index in [0.29, 0.717) is 5.56 Å². The molecule has 0 amide bonds. The standard InChI is InChI=1S/C17H13N3O5S/c1-11(24-15(21)7-2-12-8-9-26-10-12)16-18-19-17(25-16)13-3-5-14(6-4-13)20(22)23/h2-11H,1H3/b7-2+/t11-/m0/s1. The number of nitro groups is 1.